The van der Waals surface area contributed by atoms with Crippen LogP contribution in [0.2, 0.25) is 0 Å². The number of anilines is 1. The first-order valence-corrected chi connectivity index (χ1v) is 11.8. The molecule has 0 radical (unpaired) electrons. The SMILES string of the molecule is CCc1ccc(S(=O)(=O)Nc2cccc(-c3ccc(S(C)(=O)=O)nn3)c2)cc1. The Morgan fingerprint density at radius 1 is 0.893 bits per heavy atom. The predicted octanol–water partition coefficient (Wildman–Crippen LogP) is 2.91. The molecular formula is C19H19N3O4S2. The van der Waals surface area contributed by atoms with Crippen molar-refractivity contribution < 1.29 is 16.8 Å². The smallest absolute Gasteiger partial charge is 0.261 e. The molecule has 28 heavy (non-hydrogen) atoms. The molecule has 3 rings (SSSR count). The van der Waals surface area contributed by atoms with Crippen molar-refractivity contribution in [3.63, 3.8) is 0 Å². The minimum Gasteiger partial charge on any atom is -0.280 e. The molecule has 1 aromatic heterocycles. The standard InChI is InChI=1S/C19H19N3O4S2/c1-3-14-7-9-17(10-8-14)28(25,26)22-16-6-4-5-15(13-16)18-11-12-19(21-20-18)27(2,23)24/h4-13,22H,3H2,1-2H3. The van der Waals surface area contributed by atoms with Gasteiger partial charge in [0.15, 0.2) is 14.9 Å². The zero-order valence-corrected chi connectivity index (χ0v) is 17.0. The van der Waals surface area contributed by atoms with E-state index in [0.29, 0.717) is 16.9 Å². The molecule has 0 aliphatic rings. The van der Waals surface area contributed by atoms with Crippen LogP contribution in [0.25, 0.3) is 11.3 Å². The van der Waals surface area contributed by atoms with Crippen molar-refractivity contribution in [2.45, 2.75) is 23.3 Å². The van der Waals surface area contributed by atoms with Gasteiger partial charge in [-0.3, -0.25) is 4.72 Å². The van der Waals surface area contributed by atoms with Crippen LogP contribution in [0.1, 0.15) is 12.5 Å². The Kier molecular flexibility index (Phi) is 5.48. The number of hydrogen-bond acceptors (Lipinski definition) is 6. The third kappa shape index (κ3) is 4.55. The number of aromatic nitrogens is 2. The van der Waals surface area contributed by atoms with Gasteiger partial charge in [-0.05, 0) is 48.4 Å². The van der Waals surface area contributed by atoms with Crippen LogP contribution in [0.15, 0.2) is 70.6 Å². The van der Waals surface area contributed by atoms with Crippen molar-refractivity contribution >= 4 is 25.5 Å². The van der Waals surface area contributed by atoms with Crippen molar-refractivity contribution in [2.24, 2.45) is 0 Å². The highest BCUT2D eigenvalue weighted by molar-refractivity contribution is 7.92. The molecule has 0 atom stereocenters. The fourth-order valence-corrected chi connectivity index (χ4v) is 4.09. The first-order chi connectivity index (χ1) is 13.2. The first-order valence-electron chi connectivity index (χ1n) is 8.45. The van der Waals surface area contributed by atoms with E-state index in [9.17, 15) is 16.8 Å². The molecule has 0 saturated heterocycles. The molecule has 0 bridgehead atoms. The molecule has 1 heterocycles. The number of nitrogens with one attached hydrogen (secondary N) is 1. The Hall–Kier alpha value is -2.78. The van der Waals surface area contributed by atoms with Crippen LogP contribution in [0.4, 0.5) is 5.69 Å². The first kappa shape index (κ1) is 20.0. The van der Waals surface area contributed by atoms with Gasteiger partial charge in [0.25, 0.3) is 10.0 Å². The lowest BCUT2D eigenvalue weighted by atomic mass is 10.1. The largest absolute Gasteiger partial charge is 0.280 e. The summed E-state index contributed by atoms with van der Waals surface area (Å²) >= 11 is 0. The second kappa shape index (κ2) is 7.69. The molecule has 3 aromatic rings. The lowest BCUT2D eigenvalue weighted by Crippen LogP contribution is -2.13. The molecule has 2 aromatic carbocycles. The Morgan fingerprint density at radius 2 is 1.61 bits per heavy atom. The summed E-state index contributed by atoms with van der Waals surface area (Å²) in [6.45, 7) is 2.00. The van der Waals surface area contributed by atoms with E-state index in [2.05, 4.69) is 14.9 Å². The Balaban J connectivity index is 1.86. The fourth-order valence-electron chi connectivity index (χ4n) is 2.53. The average molecular weight is 418 g/mol. The Labute approximate surface area is 164 Å². The summed E-state index contributed by atoms with van der Waals surface area (Å²) in [7, 11) is -7.16. The third-order valence-electron chi connectivity index (χ3n) is 4.07. The van der Waals surface area contributed by atoms with Crippen molar-refractivity contribution in [3.8, 4) is 11.3 Å². The summed E-state index contributed by atoms with van der Waals surface area (Å²) < 4.78 is 50.7. The molecule has 0 unspecified atom stereocenters. The highest BCUT2D eigenvalue weighted by atomic mass is 32.2. The van der Waals surface area contributed by atoms with Crippen molar-refractivity contribution in [3.05, 3.63) is 66.2 Å². The van der Waals surface area contributed by atoms with E-state index >= 15 is 0 Å². The number of sulfone groups is 1. The maximum Gasteiger partial charge on any atom is 0.261 e. The molecule has 0 aliphatic heterocycles. The minimum atomic E-state index is -3.73. The lowest BCUT2D eigenvalue weighted by molar-refractivity contribution is 0.595. The van der Waals surface area contributed by atoms with Gasteiger partial charge in [0.05, 0.1) is 10.6 Å². The second-order valence-corrected chi connectivity index (χ2v) is 9.86. The van der Waals surface area contributed by atoms with Crippen molar-refractivity contribution in [1.29, 1.82) is 0 Å². The van der Waals surface area contributed by atoms with Crippen LogP contribution in [0.5, 0.6) is 0 Å². The topological polar surface area (TPSA) is 106 Å². The second-order valence-electron chi connectivity index (χ2n) is 6.21. The zero-order valence-electron chi connectivity index (χ0n) is 15.3. The summed E-state index contributed by atoms with van der Waals surface area (Å²) in [6, 6.07) is 16.2. The van der Waals surface area contributed by atoms with E-state index in [1.165, 1.54) is 12.1 Å². The summed E-state index contributed by atoms with van der Waals surface area (Å²) in [5.41, 5.74) is 2.46. The van der Waals surface area contributed by atoms with E-state index in [0.717, 1.165) is 18.2 Å². The van der Waals surface area contributed by atoms with Gasteiger partial charge in [-0.15, -0.1) is 10.2 Å². The number of benzene rings is 2. The number of hydrogen-bond donors (Lipinski definition) is 1. The van der Waals surface area contributed by atoms with Gasteiger partial charge in [-0.1, -0.05) is 31.2 Å². The number of aryl methyl sites for hydroxylation is 1. The van der Waals surface area contributed by atoms with E-state index in [1.807, 2.05) is 6.92 Å². The van der Waals surface area contributed by atoms with E-state index in [4.69, 9.17) is 0 Å². The van der Waals surface area contributed by atoms with Crippen LogP contribution in [0, 0.1) is 0 Å². The quantitative estimate of drug-likeness (QED) is 0.661. The van der Waals surface area contributed by atoms with E-state index in [1.54, 1.807) is 48.5 Å². The minimum absolute atomic E-state index is 0.122. The van der Waals surface area contributed by atoms with Crippen molar-refractivity contribution in [1.82, 2.24) is 10.2 Å². The van der Waals surface area contributed by atoms with Gasteiger partial charge in [-0.2, -0.15) is 0 Å². The van der Waals surface area contributed by atoms with Crippen LogP contribution in [-0.2, 0) is 26.3 Å². The van der Waals surface area contributed by atoms with E-state index < -0.39 is 19.9 Å². The van der Waals surface area contributed by atoms with Crippen LogP contribution in [-0.4, -0.2) is 33.3 Å². The Bertz CT molecular complexity index is 1190. The van der Waals surface area contributed by atoms with Crippen LogP contribution >= 0.6 is 0 Å². The lowest BCUT2D eigenvalue weighted by Gasteiger charge is -2.10. The number of rotatable bonds is 6. The fraction of sp³-hybridized carbons (Fsp3) is 0.158. The van der Waals surface area contributed by atoms with Gasteiger partial charge < -0.3 is 0 Å². The third-order valence-corrected chi connectivity index (χ3v) is 6.45. The number of nitrogens with zero attached hydrogens (tertiary/aromatic N) is 2. The molecule has 0 fully saturated rings. The predicted molar refractivity (Wildman–Crippen MR) is 107 cm³/mol. The van der Waals surface area contributed by atoms with Crippen LogP contribution in [0.3, 0.4) is 0 Å². The van der Waals surface area contributed by atoms with Gasteiger partial charge in [-0.25, -0.2) is 16.8 Å². The molecular weight excluding hydrogens is 398 g/mol. The molecule has 7 nitrogen and oxygen atoms in total. The summed E-state index contributed by atoms with van der Waals surface area (Å²) in [4.78, 5) is 0.174. The monoisotopic (exact) mass is 417 g/mol. The molecule has 0 aliphatic carbocycles. The van der Waals surface area contributed by atoms with Gasteiger partial charge in [0.1, 0.15) is 0 Å². The summed E-state index contributed by atoms with van der Waals surface area (Å²) in [5, 5.41) is 7.52. The Morgan fingerprint density at radius 3 is 2.18 bits per heavy atom. The maximum absolute atomic E-state index is 12.6. The summed E-state index contributed by atoms with van der Waals surface area (Å²) in [5.74, 6) is 0. The molecule has 1 N–H and O–H groups in total. The van der Waals surface area contributed by atoms with Gasteiger partial charge in [0, 0.05) is 17.5 Å². The maximum atomic E-state index is 12.6. The molecule has 0 saturated carbocycles. The van der Waals surface area contributed by atoms with E-state index in [-0.39, 0.29) is 9.92 Å². The summed E-state index contributed by atoms with van der Waals surface area (Å²) in [6.07, 6.45) is 1.88. The average Bonchev–Trinajstić information content (AvgIpc) is 2.67. The number of sulfonamides is 1. The zero-order chi connectivity index (χ0) is 20.4. The van der Waals surface area contributed by atoms with Crippen molar-refractivity contribution in [2.75, 3.05) is 11.0 Å². The van der Waals surface area contributed by atoms with Gasteiger partial charge in [0.2, 0.25) is 0 Å². The highest BCUT2D eigenvalue weighted by Gasteiger charge is 2.15. The highest BCUT2D eigenvalue weighted by Crippen LogP contribution is 2.23. The van der Waals surface area contributed by atoms with Gasteiger partial charge >= 0.3 is 0 Å². The molecule has 146 valence electrons. The molecule has 0 spiro atoms. The van der Waals surface area contributed by atoms with Crippen LogP contribution < -0.4 is 4.72 Å². The molecule has 0 amide bonds. The normalized spacial score (nSPS) is 11.9. The molecule has 9 heteroatoms.